The molecule has 98 valence electrons. The topological polar surface area (TPSA) is 0 Å². The van der Waals surface area contributed by atoms with E-state index >= 15 is 0 Å². The van der Waals surface area contributed by atoms with Gasteiger partial charge in [-0.25, -0.2) is 0 Å². The Bertz CT molecular complexity index is 685. The van der Waals surface area contributed by atoms with Crippen LogP contribution >= 0.6 is 0 Å². The third-order valence-corrected chi connectivity index (χ3v) is 4.07. The molecule has 0 aliphatic carbocycles. The van der Waals surface area contributed by atoms with Gasteiger partial charge in [0.05, 0.1) is 0 Å². The number of rotatable bonds is 2. The van der Waals surface area contributed by atoms with Gasteiger partial charge < -0.3 is 0 Å². The molecule has 0 aliphatic heterocycles. The maximum absolute atomic E-state index is 3.77. The van der Waals surface area contributed by atoms with E-state index in [1.807, 2.05) is 12.2 Å². The van der Waals surface area contributed by atoms with Gasteiger partial charge in [-0.1, -0.05) is 42.5 Å². The molecule has 0 spiro atoms. The van der Waals surface area contributed by atoms with Crippen molar-refractivity contribution < 1.29 is 0 Å². The molecule has 0 aliphatic rings. The first kappa shape index (κ1) is 13.6. The van der Waals surface area contributed by atoms with Crippen molar-refractivity contribution in [3.8, 4) is 0 Å². The molecule has 0 amide bonds. The van der Waals surface area contributed by atoms with Crippen LogP contribution in [0.2, 0.25) is 0 Å². The van der Waals surface area contributed by atoms with Crippen molar-refractivity contribution in [1.82, 2.24) is 0 Å². The molecule has 19 heavy (non-hydrogen) atoms. The Morgan fingerprint density at radius 2 is 1.58 bits per heavy atom. The normalized spacial score (nSPS) is 11.4. The fraction of sp³-hybridized carbons (Fsp3) is 0.263. The summed E-state index contributed by atoms with van der Waals surface area (Å²) in [5.74, 6) is 0. The van der Waals surface area contributed by atoms with Crippen LogP contribution in [0.3, 0.4) is 0 Å². The van der Waals surface area contributed by atoms with Gasteiger partial charge in [0, 0.05) is 0 Å². The van der Waals surface area contributed by atoms with Crippen LogP contribution in [0.5, 0.6) is 0 Å². The van der Waals surface area contributed by atoms with Gasteiger partial charge in [-0.3, -0.25) is 0 Å². The van der Waals surface area contributed by atoms with Crippen LogP contribution in [-0.4, -0.2) is 0 Å². The Morgan fingerprint density at radius 3 is 2.21 bits per heavy atom. The summed E-state index contributed by atoms with van der Waals surface area (Å²) in [6.45, 7) is 14.8. The standard InChI is InChI=1S/C19H22/c1-7-8-9-17-15(5)14(4)16(6)19-13(3)10-12(2)11-18(17)19/h7-11H,1H2,2-6H3. The van der Waals surface area contributed by atoms with E-state index in [2.05, 4.69) is 59.4 Å². The molecule has 2 aromatic carbocycles. The number of hydrogen-bond acceptors (Lipinski definition) is 0. The highest BCUT2D eigenvalue weighted by molar-refractivity contribution is 5.97. The molecule has 2 aromatic rings. The number of aryl methyl sites for hydroxylation is 3. The van der Waals surface area contributed by atoms with Crippen molar-refractivity contribution in [2.24, 2.45) is 0 Å². The zero-order valence-corrected chi connectivity index (χ0v) is 12.6. The minimum atomic E-state index is 1.32. The molecule has 0 nitrogen and oxygen atoms in total. The SMILES string of the molecule is C=CC=Cc1c(C)c(C)c(C)c2c(C)cc(C)cc12. The monoisotopic (exact) mass is 250 g/mol. The van der Waals surface area contributed by atoms with E-state index in [9.17, 15) is 0 Å². The van der Waals surface area contributed by atoms with Crippen LogP contribution in [0, 0.1) is 34.6 Å². The second-order valence-corrected chi connectivity index (χ2v) is 5.39. The first-order chi connectivity index (χ1) is 8.97. The van der Waals surface area contributed by atoms with Crippen molar-refractivity contribution in [1.29, 1.82) is 0 Å². The molecule has 0 aromatic heterocycles. The fourth-order valence-electron chi connectivity index (χ4n) is 2.93. The minimum Gasteiger partial charge on any atom is -0.0991 e. The van der Waals surface area contributed by atoms with Crippen LogP contribution in [0.4, 0.5) is 0 Å². The van der Waals surface area contributed by atoms with Gasteiger partial charge in [0.15, 0.2) is 0 Å². The van der Waals surface area contributed by atoms with E-state index in [1.165, 1.54) is 44.2 Å². The summed E-state index contributed by atoms with van der Waals surface area (Å²) in [7, 11) is 0. The second-order valence-electron chi connectivity index (χ2n) is 5.39. The maximum Gasteiger partial charge on any atom is -0.0101 e. The zero-order chi connectivity index (χ0) is 14.2. The highest BCUT2D eigenvalue weighted by Crippen LogP contribution is 2.33. The lowest BCUT2D eigenvalue weighted by Crippen LogP contribution is -1.96. The van der Waals surface area contributed by atoms with Crippen LogP contribution < -0.4 is 0 Å². The van der Waals surface area contributed by atoms with Gasteiger partial charge in [-0.2, -0.15) is 0 Å². The van der Waals surface area contributed by atoms with Gasteiger partial charge in [-0.05, 0) is 73.2 Å². The Hall–Kier alpha value is -1.82. The predicted octanol–water partition coefficient (Wildman–Crippen LogP) is 5.58. The lowest BCUT2D eigenvalue weighted by atomic mass is 9.88. The van der Waals surface area contributed by atoms with E-state index in [1.54, 1.807) is 0 Å². The molecule has 0 unspecified atom stereocenters. The summed E-state index contributed by atoms with van der Waals surface area (Å²) in [5, 5.41) is 2.76. The number of fused-ring (bicyclic) bond motifs is 1. The van der Waals surface area contributed by atoms with Gasteiger partial charge in [0.2, 0.25) is 0 Å². The van der Waals surface area contributed by atoms with E-state index in [0.29, 0.717) is 0 Å². The first-order valence-electron chi connectivity index (χ1n) is 6.77. The molecule has 0 heteroatoms. The van der Waals surface area contributed by atoms with Crippen molar-refractivity contribution in [2.75, 3.05) is 0 Å². The molecular formula is C19H22. The summed E-state index contributed by atoms with van der Waals surface area (Å²) < 4.78 is 0. The molecule has 0 radical (unpaired) electrons. The molecule has 0 saturated carbocycles. The van der Waals surface area contributed by atoms with Gasteiger partial charge >= 0.3 is 0 Å². The van der Waals surface area contributed by atoms with E-state index in [4.69, 9.17) is 0 Å². The zero-order valence-electron chi connectivity index (χ0n) is 12.6. The van der Waals surface area contributed by atoms with Crippen molar-refractivity contribution >= 4 is 16.8 Å². The molecule has 0 fully saturated rings. The van der Waals surface area contributed by atoms with E-state index in [-0.39, 0.29) is 0 Å². The Balaban J connectivity index is 3.01. The molecule has 0 N–H and O–H groups in total. The highest BCUT2D eigenvalue weighted by Gasteiger charge is 2.12. The lowest BCUT2D eigenvalue weighted by Gasteiger charge is -2.17. The maximum atomic E-state index is 3.77. The molecule has 0 saturated heterocycles. The number of benzene rings is 2. The van der Waals surface area contributed by atoms with Gasteiger partial charge in [0.1, 0.15) is 0 Å². The summed E-state index contributed by atoms with van der Waals surface area (Å²) in [6, 6.07) is 4.57. The highest BCUT2D eigenvalue weighted by atomic mass is 14.2. The predicted molar refractivity (Wildman–Crippen MR) is 86.9 cm³/mol. The summed E-state index contributed by atoms with van der Waals surface area (Å²) in [6.07, 6.45) is 6.04. The minimum absolute atomic E-state index is 1.32. The van der Waals surface area contributed by atoms with Crippen LogP contribution in [0.1, 0.15) is 33.4 Å². The largest absolute Gasteiger partial charge is 0.0991 e. The van der Waals surface area contributed by atoms with E-state index in [0.717, 1.165) is 0 Å². The average molecular weight is 250 g/mol. The number of allylic oxidation sites excluding steroid dienone is 2. The lowest BCUT2D eigenvalue weighted by molar-refractivity contribution is 1.27. The Morgan fingerprint density at radius 1 is 0.895 bits per heavy atom. The van der Waals surface area contributed by atoms with Crippen molar-refractivity contribution in [2.45, 2.75) is 34.6 Å². The molecule has 0 heterocycles. The molecule has 2 rings (SSSR count). The van der Waals surface area contributed by atoms with Crippen molar-refractivity contribution in [3.05, 3.63) is 64.2 Å². The first-order valence-corrected chi connectivity index (χ1v) is 6.77. The third-order valence-electron chi connectivity index (χ3n) is 4.07. The molecule has 0 atom stereocenters. The quantitative estimate of drug-likeness (QED) is 0.610. The van der Waals surface area contributed by atoms with Crippen LogP contribution in [0.25, 0.3) is 16.8 Å². The Labute approximate surface area is 116 Å². The van der Waals surface area contributed by atoms with E-state index < -0.39 is 0 Å². The van der Waals surface area contributed by atoms with Gasteiger partial charge in [-0.15, -0.1) is 0 Å². The number of hydrogen-bond donors (Lipinski definition) is 0. The molecular weight excluding hydrogens is 228 g/mol. The fourth-order valence-corrected chi connectivity index (χ4v) is 2.93. The smallest absolute Gasteiger partial charge is 0.0101 e. The summed E-state index contributed by atoms with van der Waals surface area (Å²) in [4.78, 5) is 0. The second kappa shape index (κ2) is 5.05. The van der Waals surface area contributed by atoms with Crippen LogP contribution in [0.15, 0.2) is 30.9 Å². The Kier molecular flexibility index (Phi) is 3.61. The summed E-state index contributed by atoms with van der Waals surface area (Å²) >= 11 is 0. The van der Waals surface area contributed by atoms with Gasteiger partial charge in [0.25, 0.3) is 0 Å². The van der Waals surface area contributed by atoms with Crippen molar-refractivity contribution in [3.63, 3.8) is 0 Å². The van der Waals surface area contributed by atoms with Crippen LogP contribution in [-0.2, 0) is 0 Å². The summed E-state index contributed by atoms with van der Waals surface area (Å²) in [5.41, 5.74) is 8.17. The molecule has 0 bridgehead atoms. The average Bonchev–Trinajstić information content (AvgIpc) is 2.35. The third kappa shape index (κ3) is 2.23.